The molecule has 0 amide bonds. The molecule has 1 atom stereocenters. The van der Waals surface area contributed by atoms with Crippen molar-refractivity contribution in [3.8, 4) is 5.75 Å². The number of carbonyl (C=O) groups is 1. The van der Waals surface area contributed by atoms with Gasteiger partial charge < -0.3 is 4.74 Å². The zero-order valence-corrected chi connectivity index (χ0v) is 15.1. The second-order valence-corrected chi connectivity index (χ2v) is 6.79. The number of halogens is 1. The number of hydrogen-bond donors (Lipinski definition) is 0. The maximum absolute atomic E-state index is 11.8. The second-order valence-electron chi connectivity index (χ2n) is 6.42. The van der Waals surface area contributed by atoms with Crippen LogP contribution in [0.4, 0.5) is 0 Å². The van der Waals surface area contributed by atoms with Crippen molar-refractivity contribution in [3.63, 3.8) is 0 Å². The molecule has 22 heavy (non-hydrogen) atoms. The Morgan fingerprint density at radius 2 is 1.95 bits per heavy atom. The van der Waals surface area contributed by atoms with E-state index in [0.29, 0.717) is 24.7 Å². The van der Waals surface area contributed by atoms with Crippen LogP contribution < -0.4 is 4.74 Å². The van der Waals surface area contributed by atoms with Gasteiger partial charge in [0, 0.05) is 12.3 Å². The highest BCUT2D eigenvalue weighted by Crippen LogP contribution is 2.29. The first-order valence-electron chi connectivity index (χ1n) is 8.38. The molecule has 2 nitrogen and oxygen atoms in total. The van der Waals surface area contributed by atoms with E-state index in [1.807, 2.05) is 25.1 Å². The first-order valence-corrected chi connectivity index (χ1v) is 8.76. The lowest BCUT2D eigenvalue weighted by molar-refractivity contribution is -0.122. The lowest BCUT2D eigenvalue weighted by Gasteiger charge is -2.13. The fraction of sp³-hybridized carbons (Fsp3) is 0.632. The molecule has 0 saturated heterocycles. The molecule has 0 aliphatic rings. The zero-order chi connectivity index (χ0) is 16.5. The highest BCUT2D eigenvalue weighted by atomic mass is 35.5. The van der Waals surface area contributed by atoms with Gasteiger partial charge in [0.2, 0.25) is 0 Å². The third-order valence-corrected chi connectivity index (χ3v) is 4.33. The molecular formula is C19H29ClO2. The van der Waals surface area contributed by atoms with Crippen LogP contribution in [0.5, 0.6) is 5.75 Å². The number of hydrogen-bond acceptors (Lipinski definition) is 2. The van der Waals surface area contributed by atoms with Gasteiger partial charge in [-0.2, -0.15) is 0 Å². The summed E-state index contributed by atoms with van der Waals surface area (Å²) in [6.07, 6.45) is 4.41. The lowest BCUT2D eigenvalue weighted by atomic mass is 9.98. The summed E-state index contributed by atoms with van der Waals surface area (Å²) in [5.74, 6) is 1.81. The standard InChI is InChI=1S/C19H29ClO2/c1-5-15(4)17(21)11-7-6-9-16-10-8-12-18(19(16)20)22-13-14(2)3/h8,10,12,14-15H,5-7,9,11,13H2,1-4H3. The number of aryl methyl sites for hydroxylation is 1. The fourth-order valence-corrected chi connectivity index (χ4v) is 2.48. The summed E-state index contributed by atoms with van der Waals surface area (Å²) in [5, 5.41) is 0.719. The van der Waals surface area contributed by atoms with Crippen molar-refractivity contribution in [3.05, 3.63) is 28.8 Å². The van der Waals surface area contributed by atoms with Crippen LogP contribution in [0.15, 0.2) is 18.2 Å². The van der Waals surface area contributed by atoms with Crippen molar-refractivity contribution < 1.29 is 9.53 Å². The number of carbonyl (C=O) groups excluding carboxylic acids is 1. The van der Waals surface area contributed by atoms with E-state index in [1.165, 1.54) is 0 Å². The average molecular weight is 325 g/mol. The third-order valence-electron chi connectivity index (χ3n) is 3.90. The Labute approximate surface area is 140 Å². The van der Waals surface area contributed by atoms with Gasteiger partial charge >= 0.3 is 0 Å². The molecule has 1 aromatic carbocycles. The first-order chi connectivity index (χ1) is 10.5. The summed E-state index contributed by atoms with van der Waals surface area (Å²) >= 11 is 6.41. The largest absolute Gasteiger partial charge is 0.492 e. The van der Waals surface area contributed by atoms with Crippen LogP contribution in [0.1, 0.15) is 58.9 Å². The van der Waals surface area contributed by atoms with E-state index in [9.17, 15) is 4.79 Å². The Hall–Kier alpha value is -1.02. The van der Waals surface area contributed by atoms with E-state index in [1.54, 1.807) is 0 Å². The third kappa shape index (κ3) is 6.39. The highest BCUT2D eigenvalue weighted by molar-refractivity contribution is 6.32. The van der Waals surface area contributed by atoms with Crippen molar-refractivity contribution in [1.82, 2.24) is 0 Å². The second kappa shape index (κ2) is 9.89. The highest BCUT2D eigenvalue weighted by Gasteiger charge is 2.11. The van der Waals surface area contributed by atoms with Crippen molar-refractivity contribution in [2.45, 2.75) is 59.8 Å². The maximum atomic E-state index is 11.8. The lowest BCUT2D eigenvalue weighted by Crippen LogP contribution is -2.09. The minimum atomic E-state index is 0.191. The van der Waals surface area contributed by atoms with Gasteiger partial charge in [0.05, 0.1) is 11.6 Å². The van der Waals surface area contributed by atoms with Gasteiger partial charge in [-0.1, -0.05) is 51.4 Å². The average Bonchev–Trinajstić information content (AvgIpc) is 2.50. The van der Waals surface area contributed by atoms with Crippen molar-refractivity contribution >= 4 is 17.4 Å². The van der Waals surface area contributed by atoms with Crippen LogP contribution in [-0.2, 0) is 11.2 Å². The van der Waals surface area contributed by atoms with Gasteiger partial charge in [-0.3, -0.25) is 4.79 Å². The van der Waals surface area contributed by atoms with Crippen LogP contribution in [0.3, 0.4) is 0 Å². The molecule has 124 valence electrons. The predicted octanol–water partition coefficient (Wildman–Crippen LogP) is 5.70. The van der Waals surface area contributed by atoms with Crippen LogP contribution >= 0.6 is 11.6 Å². The topological polar surface area (TPSA) is 26.3 Å². The van der Waals surface area contributed by atoms with E-state index < -0.39 is 0 Å². The van der Waals surface area contributed by atoms with E-state index in [0.717, 1.165) is 42.0 Å². The van der Waals surface area contributed by atoms with Gasteiger partial charge in [-0.05, 0) is 43.2 Å². The van der Waals surface area contributed by atoms with Crippen LogP contribution in [0.25, 0.3) is 0 Å². The molecule has 1 unspecified atom stereocenters. The molecule has 0 heterocycles. The Morgan fingerprint density at radius 3 is 2.59 bits per heavy atom. The number of unbranched alkanes of at least 4 members (excludes halogenated alkanes) is 1. The summed E-state index contributed by atoms with van der Waals surface area (Å²) < 4.78 is 5.74. The summed E-state index contributed by atoms with van der Waals surface area (Å²) in [6.45, 7) is 8.98. The van der Waals surface area contributed by atoms with Crippen LogP contribution in [-0.4, -0.2) is 12.4 Å². The Kier molecular flexibility index (Phi) is 8.55. The van der Waals surface area contributed by atoms with Crippen LogP contribution in [0.2, 0.25) is 5.02 Å². The van der Waals surface area contributed by atoms with Gasteiger partial charge in [0.1, 0.15) is 11.5 Å². The maximum Gasteiger partial charge on any atom is 0.138 e. The quantitative estimate of drug-likeness (QED) is 0.516. The van der Waals surface area contributed by atoms with Gasteiger partial charge in [0.15, 0.2) is 0 Å². The first kappa shape index (κ1) is 19.0. The molecule has 1 aromatic rings. The summed E-state index contributed by atoms with van der Waals surface area (Å²) in [7, 11) is 0. The SMILES string of the molecule is CCC(C)C(=O)CCCCc1cccc(OCC(C)C)c1Cl. The van der Waals surface area contributed by atoms with Gasteiger partial charge in [0.25, 0.3) is 0 Å². The van der Waals surface area contributed by atoms with E-state index >= 15 is 0 Å². The molecule has 1 rings (SSSR count). The Balaban J connectivity index is 2.46. The van der Waals surface area contributed by atoms with Crippen LogP contribution in [0, 0.1) is 11.8 Å². The van der Waals surface area contributed by atoms with Crippen molar-refractivity contribution in [2.75, 3.05) is 6.61 Å². The molecule has 0 N–H and O–H groups in total. The summed E-state index contributed by atoms with van der Waals surface area (Å²) in [4.78, 5) is 11.8. The van der Waals surface area contributed by atoms with Crippen molar-refractivity contribution in [2.24, 2.45) is 11.8 Å². The minimum absolute atomic E-state index is 0.191. The summed E-state index contributed by atoms with van der Waals surface area (Å²) in [6, 6.07) is 5.95. The van der Waals surface area contributed by atoms with E-state index in [-0.39, 0.29) is 5.92 Å². The molecule has 0 saturated carbocycles. The smallest absolute Gasteiger partial charge is 0.138 e. The summed E-state index contributed by atoms with van der Waals surface area (Å²) in [5.41, 5.74) is 1.11. The molecule has 0 bridgehead atoms. The number of ether oxygens (including phenoxy) is 1. The molecular weight excluding hydrogens is 296 g/mol. The molecule has 0 aromatic heterocycles. The number of benzene rings is 1. The Morgan fingerprint density at radius 1 is 1.23 bits per heavy atom. The normalized spacial score (nSPS) is 12.5. The number of Topliss-reactive ketones (excluding diaryl/α,β-unsaturated/α-hetero) is 1. The molecule has 0 aliphatic heterocycles. The minimum Gasteiger partial charge on any atom is -0.492 e. The fourth-order valence-electron chi connectivity index (χ4n) is 2.21. The molecule has 3 heteroatoms. The predicted molar refractivity (Wildman–Crippen MR) is 93.8 cm³/mol. The molecule has 0 fully saturated rings. The Bertz CT molecular complexity index is 469. The zero-order valence-electron chi connectivity index (χ0n) is 14.3. The van der Waals surface area contributed by atoms with Gasteiger partial charge in [-0.25, -0.2) is 0 Å². The van der Waals surface area contributed by atoms with Gasteiger partial charge in [-0.15, -0.1) is 0 Å². The van der Waals surface area contributed by atoms with Crippen molar-refractivity contribution in [1.29, 1.82) is 0 Å². The molecule has 0 radical (unpaired) electrons. The molecule has 0 aliphatic carbocycles. The van der Waals surface area contributed by atoms with E-state index in [4.69, 9.17) is 16.3 Å². The number of ketones is 1. The van der Waals surface area contributed by atoms with E-state index in [2.05, 4.69) is 20.8 Å². The molecule has 0 spiro atoms. The monoisotopic (exact) mass is 324 g/mol. The number of rotatable bonds is 10.